The van der Waals surface area contributed by atoms with Gasteiger partial charge in [-0.25, -0.2) is 0 Å². The Bertz CT molecular complexity index is 455. The molecule has 2 rings (SSSR count). The van der Waals surface area contributed by atoms with E-state index in [2.05, 4.69) is 5.10 Å². The maximum absolute atomic E-state index is 13.1. The van der Waals surface area contributed by atoms with Crippen molar-refractivity contribution in [2.75, 3.05) is 13.1 Å². The molecule has 1 saturated heterocycles. The van der Waals surface area contributed by atoms with E-state index in [1.54, 1.807) is 35.3 Å². The van der Waals surface area contributed by atoms with E-state index in [9.17, 15) is 18.3 Å². The van der Waals surface area contributed by atoms with Crippen molar-refractivity contribution in [3.8, 4) is 0 Å². The lowest BCUT2D eigenvalue weighted by Gasteiger charge is -2.27. The van der Waals surface area contributed by atoms with E-state index in [0.717, 1.165) is 12.8 Å². The number of rotatable bonds is 4. The fourth-order valence-corrected chi connectivity index (χ4v) is 2.12. The van der Waals surface area contributed by atoms with Crippen molar-refractivity contribution in [2.24, 2.45) is 5.10 Å². The fourth-order valence-electron chi connectivity index (χ4n) is 2.12. The van der Waals surface area contributed by atoms with Crippen LogP contribution in [0, 0.1) is 0 Å². The minimum atomic E-state index is -4.76. The highest BCUT2D eigenvalue weighted by Gasteiger charge is 2.52. The van der Waals surface area contributed by atoms with Crippen LogP contribution in [-0.2, 0) is 6.42 Å². The smallest absolute Gasteiger partial charge is 0.375 e. The summed E-state index contributed by atoms with van der Waals surface area (Å²) in [5.74, 6) is 0. The third-order valence-corrected chi connectivity index (χ3v) is 3.32. The number of hydrogen-bond donors (Lipinski definition) is 1. The highest BCUT2D eigenvalue weighted by atomic mass is 19.4. The van der Waals surface area contributed by atoms with E-state index in [4.69, 9.17) is 0 Å². The Morgan fingerprint density at radius 3 is 2.30 bits per heavy atom. The molecule has 1 heterocycles. The average molecular weight is 286 g/mol. The van der Waals surface area contributed by atoms with Gasteiger partial charge in [-0.3, -0.25) is 5.01 Å². The molecule has 110 valence electrons. The Labute approximate surface area is 115 Å². The first-order chi connectivity index (χ1) is 9.41. The molecule has 0 amide bonds. The maximum atomic E-state index is 13.1. The average Bonchev–Trinajstić information content (AvgIpc) is 2.89. The van der Waals surface area contributed by atoms with Crippen LogP contribution in [0.1, 0.15) is 18.4 Å². The number of benzene rings is 1. The summed E-state index contributed by atoms with van der Waals surface area (Å²) in [4.78, 5) is 0. The first kappa shape index (κ1) is 14.8. The molecule has 1 aliphatic heterocycles. The van der Waals surface area contributed by atoms with Gasteiger partial charge in [0.2, 0.25) is 5.60 Å². The molecule has 1 aliphatic rings. The van der Waals surface area contributed by atoms with Gasteiger partial charge in [0.05, 0.1) is 6.21 Å². The fraction of sp³-hybridized carbons (Fsp3) is 0.500. The maximum Gasteiger partial charge on any atom is 0.422 e. The first-order valence-corrected chi connectivity index (χ1v) is 6.54. The summed E-state index contributed by atoms with van der Waals surface area (Å²) in [6.07, 6.45) is -2.83. The van der Waals surface area contributed by atoms with Crippen molar-refractivity contribution in [1.29, 1.82) is 0 Å². The predicted octanol–water partition coefficient (Wildman–Crippen LogP) is 2.60. The minimum Gasteiger partial charge on any atom is -0.375 e. The van der Waals surface area contributed by atoms with Gasteiger partial charge in [-0.2, -0.15) is 18.3 Å². The molecule has 1 atom stereocenters. The van der Waals surface area contributed by atoms with Gasteiger partial charge in [-0.05, 0) is 18.4 Å². The second-order valence-electron chi connectivity index (χ2n) is 4.99. The third kappa shape index (κ3) is 3.50. The van der Waals surface area contributed by atoms with Gasteiger partial charge in [-0.1, -0.05) is 30.3 Å². The van der Waals surface area contributed by atoms with Crippen LogP contribution in [-0.4, -0.2) is 41.2 Å². The van der Waals surface area contributed by atoms with Crippen LogP contribution >= 0.6 is 0 Å². The number of nitrogens with zero attached hydrogens (tertiary/aromatic N) is 2. The van der Waals surface area contributed by atoms with Crippen LogP contribution in [0.5, 0.6) is 0 Å². The van der Waals surface area contributed by atoms with Gasteiger partial charge in [0.1, 0.15) is 0 Å². The summed E-state index contributed by atoms with van der Waals surface area (Å²) in [5.41, 5.74) is -2.52. The molecule has 0 bridgehead atoms. The number of hydrazone groups is 1. The van der Waals surface area contributed by atoms with Crippen molar-refractivity contribution >= 4 is 6.21 Å². The van der Waals surface area contributed by atoms with Crippen molar-refractivity contribution in [1.82, 2.24) is 5.01 Å². The molecule has 0 radical (unpaired) electrons. The summed E-state index contributed by atoms with van der Waals surface area (Å²) in [6, 6.07) is 8.11. The van der Waals surface area contributed by atoms with Gasteiger partial charge in [-0.15, -0.1) is 0 Å². The SMILES string of the molecule is OC(/C=N/N1CCCC1)(Cc1ccccc1)C(F)(F)F. The molecule has 1 unspecified atom stereocenters. The molecule has 1 aromatic rings. The van der Waals surface area contributed by atoms with E-state index < -0.39 is 18.2 Å². The Hall–Kier alpha value is -1.56. The molecule has 1 fully saturated rings. The van der Waals surface area contributed by atoms with Gasteiger partial charge < -0.3 is 5.11 Å². The summed E-state index contributed by atoms with van der Waals surface area (Å²) in [5, 5.41) is 15.3. The van der Waals surface area contributed by atoms with Crippen molar-refractivity contribution in [3.63, 3.8) is 0 Å². The predicted molar refractivity (Wildman–Crippen MR) is 70.4 cm³/mol. The molecular formula is C14H17F3N2O. The second kappa shape index (κ2) is 5.83. The zero-order valence-corrected chi connectivity index (χ0v) is 11.0. The van der Waals surface area contributed by atoms with E-state index in [-0.39, 0.29) is 0 Å². The molecule has 1 N–H and O–H groups in total. The van der Waals surface area contributed by atoms with Crippen LogP contribution in [0.3, 0.4) is 0 Å². The first-order valence-electron chi connectivity index (χ1n) is 6.54. The highest BCUT2D eigenvalue weighted by molar-refractivity contribution is 5.70. The number of alkyl halides is 3. The largest absolute Gasteiger partial charge is 0.422 e. The van der Waals surface area contributed by atoms with Gasteiger partial charge in [0.15, 0.2) is 0 Å². The summed E-state index contributed by atoms with van der Waals surface area (Å²) >= 11 is 0. The Morgan fingerprint density at radius 2 is 1.75 bits per heavy atom. The zero-order chi connectivity index (χ0) is 14.6. The lowest BCUT2D eigenvalue weighted by Crippen LogP contribution is -2.49. The third-order valence-electron chi connectivity index (χ3n) is 3.32. The topological polar surface area (TPSA) is 35.8 Å². The molecule has 3 nitrogen and oxygen atoms in total. The monoisotopic (exact) mass is 286 g/mol. The zero-order valence-electron chi connectivity index (χ0n) is 11.0. The lowest BCUT2D eigenvalue weighted by molar-refractivity contribution is -0.228. The molecule has 20 heavy (non-hydrogen) atoms. The minimum absolute atomic E-state index is 0.417. The normalized spacial score (nSPS) is 19.5. The molecule has 0 aliphatic carbocycles. The number of aliphatic hydroxyl groups is 1. The van der Waals surface area contributed by atoms with Crippen LogP contribution in [0.4, 0.5) is 13.2 Å². The highest BCUT2D eigenvalue weighted by Crippen LogP contribution is 2.32. The van der Waals surface area contributed by atoms with E-state index in [1.807, 2.05) is 0 Å². The second-order valence-corrected chi connectivity index (χ2v) is 4.99. The Morgan fingerprint density at radius 1 is 1.15 bits per heavy atom. The molecule has 0 spiro atoms. The summed E-state index contributed by atoms with van der Waals surface area (Å²) < 4.78 is 39.3. The Balaban J connectivity index is 2.17. The molecule has 1 aromatic carbocycles. The van der Waals surface area contributed by atoms with Crippen LogP contribution in [0.25, 0.3) is 0 Å². The van der Waals surface area contributed by atoms with Crippen molar-refractivity contribution in [2.45, 2.75) is 31.0 Å². The molecule has 0 aromatic heterocycles. The lowest BCUT2D eigenvalue weighted by atomic mass is 9.95. The van der Waals surface area contributed by atoms with E-state index in [0.29, 0.717) is 24.9 Å². The van der Waals surface area contributed by atoms with E-state index >= 15 is 0 Å². The quantitative estimate of drug-likeness (QED) is 0.864. The van der Waals surface area contributed by atoms with Gasteiger partial charge in [0.25, 0.3) is 0 Å². The molecule has 0 saturated carbocycles. The standard InChI is InChI=1S/C14H17F3N2O/c15-14(16,17)13(20,10-12-6-2-1-3-7-12)11-18-19-8-4-5-9-19/h1-3,6-7,11,20H,4-5,8-10H2/b18-11+. The van der Waals surface area contributed by atoms with Gasteiger partial charge >= 0.3 is 6.18 Å². The van der Waals surface area contributed by atoms with E-state index in [1.165, 1.54) is 0 Å². The van der Waals surface area contributed by atoms with Crippen LogP contribution in [0.2, 0.25) is 0 Å². The van der Waals surface area contributed by atoms with Crippen molar-refractivity contribution < 1.29 is 18.3 Å². The summed E-state index contributed by atoms with van der Waals surface area (Å²) in [7, 11) is 0. The van der Waals surface area contributed by atoms with Crippen LogP contribution < -0.4 is 0 Å². The number of halogens is 3. The summed E-state index contributed by atoms with van der Waals surface area (Å²) in [6.45, 7) is 1.27. The van der Waals surface area contributed by atoms with Gasteiger partial charge in [0, 0.05) is 19.5 Å². The van der Waals surface area contributed by atoms with Crippen molar-refractivity contribution in [3.05, 3.63) is 35.9 Å². The molecule has 6 heteroatoms. The Kier molecular flexibility index (Phi) is 4.32. The van der Waals surface area contributed by atoms with Crippen LogP contribution in [0.15, 0.2) is 35.4 Å². The number of hydrogen-bond acceptors (Lipinski definition) is 3. The molecular weight excluding hydrogens is 269 g/mol.